The topological polar surface area (TPSA) is 67.2 Å². The van der Waals surface area contributed by atoms with Crippen LogP contribution in [0.15, 0.2) is 18.2 Å². The number of amides is 1. The smallest absolute Gasteiger partial charge is 0.251 e. The third kappa shape index (κ3) is 3.39. The average Bonchev–Trinajstić information content (AvgIpc) is 2.70. The number of carbonyl (C=O) groups is 1. The van der Waals surface area contributed by atoms with E-state index in [1.807, 2.05) is 36.7 Å². The van der Waals surface area contributed by atoms with Gasteiger partial charge in [0.2, 0.25) is 0 Å². The van der Waals surface area contributed by atoms with E-state index in [1.54, 1.807) is 0 Å². The van der Waals surface area contributed by atoms with Gasteiger partial charge in [-0.3, -0.25) is 4.79 Å². The second kappa shape index (κ2) is 6.32. The molecule has 1 aromatic carbocycles. The lowest BCUT2D eigenvalue weighted by atomic mass is 9.94. The first kappa shape index (κ1) is 16.0. The van der Waals surface area contributed by atoms with Gasteiger partial charge in [-0.25, -0.2) is 4.98 Å². The van der Waals surface area contributed by atoms with E-state index < -0.39 is 5.60 Å². The normalized spacial score (nSPS) is 17.9. The van der Waals surface area contributed by atoms with Gasteiger partial charge in [-0.2, -0.15) is 0 Å². The van der Waals surface area contributed by atoms with Crippen LogP contribution >= 0.6 is 0 Å². The van der Waals surface area contributed by atoms with Crippen LogP contribution in [0.5, 0.6) is 0 Å². The van der Waals surface area contributed by atoms with Crippen molar-refractivity contribution >= 4 is 16.9 Å². The van der Waals surface area contributed by atoms with Gasteiger partial charge in [0.05, 0.1) is 16.6 Å². The Morgan fingerprint density at radius 1 is 1.30 bits per heavy atom. The standard InChI is InChI=1S/C18H25N3O2/c1-13-20-15-11-14(7-8-16(15)21(13)2)17(22)19-12-18(23)9-5-3-4-6-10-18/h7-8,11,23H,3-6,9-10,12H2,1-2H3,(H,19,22). The van der Waals surface area contributed by atoms with Crippen LogP contribution in [0.2, 0.25) is 0 Å². The van der Waals surface area contributed by atoms with Crippen LogP contribution in [-0.2, 0) is 7.05 Å². The summed E-state index contributed by atoms with van der Waals surface area (Å²) >= 11 is 0. The largest absolute Gasteiger partial charge is 0.388 e. The van der Waals surface area contributed by atoms with Crippen LogP contribution in [0.1, 0.15) is 54.7 Å². The Morgan fingerprint density at radius 3 is 2.70 bits per heavy atom. The van der Waals surface area contributed by atoms with Crippen LogP contribution in [0.25, 0.3) is 11.0 Å². The molecule has 1 aromatic heterocycles. The molecule has 3 rings (SSSR count). The fourth-order valence-corrected chi connectivity index (χ4v) is 3.37. The Bertz CT molecular complexity index is 712. The molecule has 0 spiro atoms. The van der Waals surface area contributed by atoms with Gasteiger partial charge in [-0.05, 0) is 38.0 Å². The monoisotopic (exact) mass is 315 g/mol. The predicted molar refractivity (Wildman–Crippen MR) is 90.4 cm³/mol. The van der Waals surface area contributed by atoms with Gasteiger partial charge in [0, 0.05) is 19.2 Å². The maximum atomic E-state index is 12.4. The predicted octanol–water partition coefficient (Wildman–Crippen LogP) is 2.70. The van der Waals surface area contributed by atoms with Crippen molar-refractivity contribution in [2.45, 2.75) is 51.0 Å². The number of nitrogens with one attached hydrogen (secondary N) is 1. The lowest BCUT2D eigenvalue weighted by Gasteiger charge is -2.26. The summed E-state index contributed by atoms with van der Waals surface area (Å²) in [4.78, 5) is 16.9. The zero-order valence-electron chi connectivity index (χ0n) is 13.9. The molecule has 1 fully saturated rings. The highest BCUT2D eigenvalue weighted by molar-refractivity contribution is 5.97. The van der Waals surface area contributed by atoms with Gasteiger partial charge in [-0.15, -0.1) is 0 Å². The van der Waals surface area contributed by atoms with Gasteiger partial charge in [0.15, 0.2) is 0 Å². The number of rotatable bonds is 3. The van der Waals surface area contributed by atoms with Crippen molar-refractivity contribution in [3.8, 4) is 0 Å². The highest BCUT2D eigenvalue weighted by Gasteiger charge is 2.28. The van der Waals surface area contributed by atoms with Crippen molar-refractivity contribution in [1.29, 1.82) is 0 Å². The van der Waals surface area contributed by atoms with Gasteiger partial charge in [0.1, 0.15) is 5.82 Å². The summed E-state index contributed by atoms with van der Waals surface area (Å²) in [6, 6.07) is 5.55. The Morgan fingerprint density at radius 2 is 2.00 bits per heavy atom. The quantitative estimate of drug-likeness (QED) is 0.856. The first-order chi connectivity index (χ1) is 11.0. The summed E-state index contributed by atoms with van der Waals surface area (Å²) in [6.45, 7) is 2.27. The molecule has 0 aliphatic heterocycles. The highest BCUT2D eigenvalue weighted by Crippen LogP contribution is 2.26. The van der Waals surface area contributed by atoms with E-state index >= 15 is 0 Å². The van der Waals surface area contributed by atoms with Gasteiger partial charge in [0.25, 0.3) is 5.91 Å². The minimum atomic E-state index is -0.752. The molecule has 0 saturated heterocycles. The fourth-order valence-electron chi connectivity index (χ4n) is 3.37. The zero-order valence-corrected chi connectivity index (χ0v) is 13.9. The van der Waals surface area contributed by atoms with E-state index in [9.17, 15) is 9.90 Å². The average molecular weight is 315 g/mol. The zero-order chi connectivity index (χ0) is 16.4. The molecule has 0 bridgehead atoms. The van der Waals surface area contributed by atoms with Crippen molar-refractivity contribution in [2.24, 2.45) is 7.05 Å². The third-order valence-electron chi connectivity index (χ3n) is 4.98. The summed E-state index contributed by atoms with van der Waals surface area (Å²) in [7, 11) is 1.96. The molecule has 0 unspecified atom stereocenters. The Hall–Kier alpha value is -1.88. The highest BCUT2D eigenvalue weighted by atomic mass is 16.3. The van der Waals surface area contributed by atoms with Crippen molar-refractivity contribution < 1.29 is 9.90 Å². The van der Waals surface area contributed by atoms with E-state index in [2.05, 4.69) is 10.3 Å². The molecular weight excluding hydrogens is 290 g/mol. The summed E-state index contributed by atoms with van der Waals surface area (Å²) in [5.74, 6) is 0.776. The second-order valence-electron chi connectivity index (χ2n) is 6.74. The van der Waals surface area contributed by atoms with E-state index in [0.29, 0.717) is 12.1 Å². The molecule has 0 radical (unpaired) electrons. The molecule has 2 N–H and O–H groups in total. The maximum Gasteiger partial charge on any atom is 0.251 e. The second-order valence-corrected chi connectivity index (χ2v) is 6.74. The SMILES string of the molecule is Cc1nc2cc(C(=O)NCC3(O)CCCCCC3)ccc2n1C. The van der Waals surface area contributed by atoms with Gasteiger partial charge < -0.3 is 15.0 Å². The number of hydrogen-bond donors (Lipinski definition) is 2. The maximum absolute atomic E-state index is 12.4. The molecular formula is C18H25N3O2. The van der Waals surface area contributed by atoms with Gasteiger partial charge >= 0.3 is 0 Å². The number of carbonyl (C=O) groups excluding carboxylic acids is 1. The molecule has 1 aliphatic carbocycles. The molecule has 1 amide bonds. The van der Waals surface area contributed by atoms with Crippen molar-refractivity contribution in [3.63, 3.8) is 0 Å². The Balaban J connectivity index is 1.70. The molecule has 1 aliphatic rings. The van der Waals surface area contributed by atoms with Crippen LogP contribution in [-0.4, -0.2) is 32.7 Å². The summed E-state index contributed by atoms with van der Waals surface area (Å²) in [6.07, 6.45) is 5.95. The van der Waals surface area contributed by atoms with E-state index in [-0.39, 0.29) is 5.91 Å². The molecule has 2 aromatic rings. The molecule has 5 nitrogen and oxygen atoms in total. The van der Waals surface area contributed by atoms with Crippen LogP contribution < -0.4 is 5.32 Å². The van der Waals surface area contributed by atoms with E-state index in [4.69, 9.17) is 0 Å². The molecule has 124 valence electrons. The number of benzene rings is 1. The number of aromatic nitrogens is 2. The molecule has 23 heavy (non-hydrogen) atoms. The Labute approximate surface area is 136 Å². The minimum absolute atomic E-state index is 0.145. The van der Waals surface area contributed by atoms with Gasteiger partial charge in [-0.1, -0.05) is 25.7 Å². The summed E-state index contributed by atoms with van der Waals surface area (Å²) in [5, 5.41) is 13.5. The lowest BCUT2D eigenvalue weighted by Crippen LogP contribution is -2.42. The number of imidazole rings is 1. The number of fused-ring (bicyclic) bond motifs is 1. The van der Waals surface area contributed by atoms with E-state index in [1.165, 1.54) is 12.8 Å². The number of hydrogen-bond acceptors (Lipinski definition) is 3. The van der Waals surface area contributed by atoms with Crippen LogP contribution in [0.4, 0.5) is 0 Å². The first-order valence-electron chi connectivity index (χ1n) is 8.42. The number of aliphatic hydroxyl groups is 1. The van der Waals surface area contributed by atoms with Crippen molar-refractivity contribution in [3.05, 3.63) is 29.6 Å². The lowest BCUT2D eigenvalue weighted by molar-refractivity contribution is 0.0246. The van der Waals surface area contributed by atoms with Crippen molar-refractivity contribution in [1.82, 2.24) is 14.9 Å². The summed E-state index contributed by atoms with van der Waals surface area (Å²) < 4.78 is 2.01. The Kier molecular flexibility index (Phi) is 4.39. The summed E-state index contributed by atoms with van der Waals surface area (Å²) in [5.41, 5.74) is 1.68. The number of nitrogens with zero attached hydrogens (tertiary/aromatic N) is 2. The molecule has 1 heterocycles. The minimum Gasteiger partial charge on any atom is -0.388 e. The van der Waals surface area contributed by atoms with Crippen molar-refractivity contribution in [2.75, 3.05) is 6.54 Å². The molecule has 5 heteroatoms. The molecule has 0 atom stereocenters. The van der Waals surface area contributed by atoms with Crippen LogP contribution in [0, 0.1) is 6.92 Å². The van der Waals surface area contributed by atoms with E-state index in [0.717, 1.165) is 42.5 Å². The van der Waals surface area contributed by atoms with Crippen LogP contribution in [0.3, 0.4) is 0 Å². The molecule has 1 saturated carbocycles. The number of aryl methyl sites for hydroxylation is 2. The first-order valence-corrected chi connectivity index (χ1v) is 8.42. The third-order valence-corrected chi connectivity index (χ3v) is 4.98. The fraction of sp³-hybridized carbons (Fsp3) is 0.556.